The summed E-state index contributed by atoms with van der Waals surface area (Å²) in [5, 5.41) is 9.82. The fourth-order valence-electron chi connectivity index (χ4n) is 3.73. The molecule has 0 radical (unpaired) electrons. The number of ether oxygens (including phenoxy) is 1. The molecule has 1 aromatic rings. The number of nitrogens with one attached hydrogen (secondary N) is 2. The van der Waals surface area contributed by atoms with Crippen LogP contribution in [0.4, 0.5) is 13.2 Å². The normalized spacial score (nSPS) is 16.6. The van der Waals surface area contributed by atoms with Crippen LogP contribution in [0, 0.1) is 5.92 Å². The highest BCUT2D eigenvalue weighted by Gasteiger charge is 2.36. The summed E-state index contributed by atoms with van der Waals surface area (Å²) in [4.78, 5) is 4.31. The predicted molar refractivity (Wildman–Crippen MR) is 118 cm³/mol. The Kier molecular flexibility index (Phi) is 11.3. The number of aromatic nitrogens is 2. The van der Waals surface area contributed by atoms with Gasteiger partial charge in [-0.15, -0.1) is 24.0 Å². The summed E-state index contributed by atoms with van der Waals surface area (Å²) in [6.45, 7) is 5.82. The van der Waals surface area contributed by atoms with Crippen molar-refractivity contribution in [2.75, 3.05) is 19.7 Å². The lowest BCUT2D eigenvalue weighted by Crippen LogP contribution is -2.39. The standard InChI is InChI=1S/C19H32F3N5O.HI/c1-4-23-18(24-11-10-16(28-5-2)14-8-6-7-9-14)25-12-15-13-27(3)26-17(15)19(20,21)22;/h13-14,16H,4-12H2,1-3H3,(H2,23,24,25);1H. The van der Waals surface area contributed by atoms with E-state index in [-0.39, 0.29) is 42.2 Å². The maximum absolute atomic E-state index is 13.1. The molecule has 0 bridgehead atoms. The topological polar surface area (TPSA) is 63.5 Å². The summed E-state index contributed by atoms with van der Waals surface area (Å²) in [6.07, 6.45) is 2.89. The Balaban J connectivity index is 0.00000420. The third kappa shape index (κ3) is 8.31. The van der Waals surface area contributed by atoms with Crippen molar-refractivity contribution in [1.29, 1.82) is 0 Å². The van der Waals surface area contributed by atoms with Gasteiger partial charge < -0.3 is 15.4 Å². The van der Waals surface area contributed by atoms with E-state index in [1.165, 1.54) is 43.6 Å². The lowest BCUT2D eigenvalue weighted by atomic mass is 9.98. The Morgan fingerprint density at radius 2 is 2.00 bits per heavy atom. The van der Waals surface area contributed by atoms with Gasteiger partial charge >= 0.3 is 6.18 Å². The second-order valence-corrected chi connectivity index (χ2v) is 7.12. The molecule has 2 rings (SSSR count). The fourth-order valence-corrected chi connectivity index (χ4v) is 3.73. The van der Waals surface area contributed by atoms with Gasteiger partial charge in [-0.25, -0.2) is 4.99 Å². The second-order valence-electron chi connectivity index (χ2n) is 7.12. The van der Waals surface area contributed by atoms with Crippen LogP contribution in [0.2, 0.25) is 0 Å². The lowest BCUT2D eigenvalue weighted by molar-refractivity contribution is -0.142. The molecule has 1 aliphatic rings. The minimum absolute atomic E-state index is 0. The van der Waals surface area contributed by atoms with Crippen molar-refractivity contribution < 1.29 is 17.9 Å². The molecule has 0 saturated heterocycles. The van der Waals surface area contributed by atoms with E-state index in [4.69, 9.17) is 4.74 Å². The van der Waals surface area contributed by atoms with Gasteiger partial charge in [-0.05, 0) is 39.0 Å². The smallest absolute Gasteiger partial charge is 0.378 e. The van der Waals surface area contributed by atoms with Gasteiger partial charge in [-0.3, -0.25) is 4.68 Å². The van der Waals surface area contributed by atoms with Crippen molar-refractivity contribution in [2.45, 2.75) is 64.8 Å². The van der Waals surface area contributed by atoms with Crippen LogP contribution in [0.25, 0.3) is 0 Å². The van der Waals surface area contributed by atoms with Crippen LogP contribution >= 0.6 is 24.0 Å². The SMILES string of the molecule is CCNC(=NCc1cn(C)nc1C(F)(F)F)NCCC(OCC)C1CCCC1.I. The number of guanidine groups is 1. The van der Waals surface area contributed by atoms with Crippen LogP contribution in [0.5, 0.6) is 0 Å². The van der Waals surface area contributed by atoms with Gasteiger partial charge in [0, 0.05) is 38.5 Å². The number of aliphatic imine (C=N–C) groups is 1. The van der Waals surface area contributed by atoms with Crippen molar-refractivity contribution in [2.24, 2.45) is 18.0 Å². The quantitative estimate of drug-likeness (QED) is 0.286. The Labute approximate surface area is 188 Å². The van der Waals surface area contributed by atoms with Crippen LogP contribution in [-0.2, 0) is 24.5 Å². The summed E-state index contributed by atoms with van der Waals surface area (Å²) in [6, 6.07) is 0. The summed E-state index contributed by atoms with van der Waals surface area (Å²) < 4.78 is 46.3. The third-order valence-corrected chi connectivity index (χ3v) is 4.95. The molecular formula is C19H33F3IN5O. The molecule has 1 atom stereocenters. The van der Waals surface area contributed by atoms with Crippen molar-refractivity contribution in [1.82, 2.24) is 20.4 Å². The van der Waals surface area contributed by atoms with Crippen molar-refractivity contribution in [3.63, 3.8) is 0 Å². The number of hydrogen-bond acceptors (Lipinski definition) is 3. The van der Waals surface area contributed by atoms with Gasteiger partial charge in [-0.1, -0.05) is 12.8 Å². The highest BCUT2D eigenvalue weighted by atomic mass is 127. The minimum atomic E-state index is -4.48. The first-order valence-corrected chi connectivity index (χ1v) is 10.1. The van der Waals surface area contributed by atoms with Crippen LogP contribution in [0.3, 0.4) is 0 Å². The van der Waals surface area contributed by atoms with Crippen LogP contribution in [-0.4, -0.2) is 41.5 Å². The average Bonchev–Trinajstić information content (AvgIpc) is 3.28. The van der Waals surface area contributed by atoms with E-state index in [0.29, 0.717) is 31.6 Å². The number of alkyl halides is 3. The Morgan fingerprint density at radius 1 is 1.31 bits per heavy atom. The second kappa shape index (κ2) is 12.6. The molecule has 1 heterocycles. The number of rotatable bonds is 9. The third-order valence-electron chi connectivity index (χ3n) is 4.95. The predicted octanol–water partition coefficient (Wildman–Crippen LogP) is 4.10. The molecule has 10 heteroatoms. The first kappa shape index (κ1) is 26.0. The largest absolute Gasteiger partial charge is 0.435 e. The Hall–Kier alpha value is -1.04. The van der Waals surface area contributed by atoms with Crippen LogP contribution in [0.1, 0.15) is 57.2 Å². The molecule has 1 aromatic heterocycles. The number of aryl methyl sites for hydroxylation is 1. The molecule has 0 spiro atoms. The maximum Gasteiger partial charge on any atom is 0.435 e. The average molecular weight is 531 g/mol. The zero-order valence-electron chi connectivity index (χ0n) is 17.4. The van der Waals surface area contributed by atoms with Crippen LogP contribution < -0.4 is 10.6 Å². The number of hydrogen-bond donors (Lipinski definition) is 2. The molecule has 29 heavy (non-hydrogen) atoms. The van der Waals surface area contributed by atoms with Gasteiger partial charge in [-0.2, -0.15) is 18.3 Å². The van der Waals surface area contributed by atoms with E-state index in [1.807, 2.05) is 13.8 Å². The van der Waals surface area contributed by atoms with E-state index in [9.17, 15) is 13.2 Å². The number of halogens is 4. The molecule has 1 fully saturated rings. The van der Waals surface area contributed by atoms with Crippen LogP contribution in [0.15, 0.2) is 11.2 Å². The first-order chi connectivity index (χ1) is 13.3. The molecule has 1 saturated carbocycles. The monoisotopic (exact) mass is 531 g/mol. The highest BCUT2D eigenvalue weighted by Crippen LogP contribution is 2.31. The van der Waals surface area contributed by atoms with E-state index in [0.717, 1.165) is 6.42 Å². The van der Waals surface area contributed by atoms with Crippen molar-refractivity contribution in [3.05, 3.63) is 17.5 Å². The molecule has 0 aromatic carbocycles. The first-order valence-electron chi connectivity index (χ1n) is 10.1. The molecule has 0 amide bonds. The van der Waals surface area contributed by atoms with E-state index < -0.39 is 11.9 Å². The molecular weight excluding hydrogens is 498 g/mol. The van der Waals surface area contributed by atoms with Gasteiger partial charge in [0.2, 0.25) is 0 Å². The molecule has 1 aliphatic carbocycles. The fraction of sp³-hybridized carbons (Fsp3) is 0.789. The van der Waals surface area contributed by atoms with Gasteiger partial charge in [0.15, 0.2) is 11.7 Å². The highest BCUT2D eigenvalue weighted by molar-refractivity contribution is 14.0. The Bertz CT molecular complexity index is 630. The molecule has 2 N–H and O–H groups in total. The van der Waals surface area contributed by atoms with Crippen molar-refractivity contribution >= 4 is 29.9 Å². The molecule has 0 aliphatic heterocycles. The maximum atomic E-state index is 13.1. The van der Waals surface area contributed by atoms with E-state index >= 15 is 0 Å². The zero-order chi connectivity index (χ0) is 20.6. The van der Waals surface area contributed by atoms with Crippen molar-refractivity contribution in [3.8, 4) is 0 Å². The van der Waals surface area contributed by atoms with Gasteiger partial charge in [0.1, 0.15) is 0 Å². The summed E-state index contributed by atoms with van der Waals surface area (Å²) in [5.74, 6) is 1.10. The van der Waals surface area contributed by atoms with Gasteiger partial charge in [0.25, 0.3) is 0 Å². The lowest BCUT2D eigenvalue weighted by Gasteiger charge is -2.24. The molecule has 168 valence electrons. The molecule has 1 unspecified atom stereocenters. The molecule has 6 nitrogen and oxygen atoms in total. The van der Waals surface area contributed by atoms with E-state index in [2.05, 4.69) is 20.7 Å². The van der Waals surface area contributed by atoms with Gasteiger partial charge in [0.05, 0.1) is 12.6 Å². The number of nitrogens with zero attached hydrogens (tertiary/aromatic N) is 3. The minimum Gasteiger partial charge on any atom is -0.378 e. The summed E-state index contributed by atoms with van der Waals surface area (Å²) in [5.41, 5.74) is -0.822. The summed E-state index contributed by atoms with van der Waals surface area (Å²) >= 11 is 0. The Morgan fingerprint density at radius 3 is 2.59 bits per heavy atom. The summed E-state index contributed by atoms with van der Waals surface area (Å²) in [7, 11) is 1.48. The zero-order valence-corrected chi connectivity index (χ0v) is 19.7. The van der Waals surface area contributed by atoms with E-state index in [1.54, 1.807) is 0 Å².